The highest BCUT2D eigenvalue weighted by molar-refractivity contribution is 5.47. The minimum absolute atomic E-state index is 0.0237. The molecule has 2 aliphatic rings. The molecule has 2 aliphatic carbocycles. The summed E-state index contributed by atoms with van der Waals surface area (Å²) < 4.78 is 63.3. The first-order valence-electron chi connectivity index (χ1n) is 12.3. The third kappa shape index (κ3) is 5.81. The average Bonchev–Trinajstić information content (AvgIpc) is 2.84. The van der Waals surface area contributed by atoms with Gasteiger partial charge in [-0.3, -0.25) is 0 Å². The lowest BCUT2D eigenvalue weighted by Gasteiger charge is -2.41. The number of ether oxygens (including phenoxy) is 1. The molecule has 2 aromatic rings. The van der Waals surface area contributed by atoms with Crippen LogP contribution in [-0.4, -0.2) is 6.61 Å². The topological polar surface area (TPSA) is 9.23 Å². The molecule has 4 rings (SSSR count). The zero-order chi connectivity index (χ0) is 24.9. The molecule has 35 heavy (non-hydrogen) atoms. The molecule has 0 bridgehead atoms. The fourth-order valence-corrected chi connectivity index (χ4v) is 5.52. The second-order valence-corrected chi connectivity index (χ2v) is 9.60. The van der Waals surface area contributed by atoms with Gasteiger partial charge in [-0.15, -0.1) is 6.58 Å². The van der Waals surface area contributed by atoms with Gasteiger partial charge in [0.05, 0.1) is 5.56 Å². The summed E-state index contributed by atoms with van der Waals surface area (Å²) in [5, 5.41) is 0. The van der Waals surface area contributed by atoms with E-state index in [4.69, 9.17) is 4.74 Å². The summed E-state index contributed by atoms with van der Waals surface area (Å²) in [7, 11) is 0. The zero-order valence-corrected chi connectivity index (χ0v) is 19.9. The Hall–Kier alpha value is -3.00. The summed E-state index contributed by atoms with van der Waals surface area (Å²) in [5.41, 5.74) is 0.229. The fourth-order valence-electron chi connectivity index (χ4n) is 5.52. The van der Waals surface area contributed by atoms with Crippen LogP contribution >= 0.6 is 0 Å². The second-order valence-electron chi connectivity index (χ2n) is 9.60. The van der Waals surface area contributed by atoms with E-state index in [1.54, 1.807) is 19.1 Å². The molecular formula is C30H30F4O. The Balaban J connectivity index is 1.49. The molecule has 0 radical (unpaired) electrons. The van der Waals surface area contributed by atoms with Crippen molar-refractivity contribution < 1.29 is 22.3 Å². The summed E-state index contributed by atoms with van der Waals surface area (Å²) in [6.07, 6.45) is 11.7. The number of halogens is 4. The maximum Gasteiger partial charge on any atom is 0.191 e. The average molecular weight is 483 g/mol. The van der Waals surface area contributed by atoms with Crippen molar-refractivity contribution in [2.75, 3.05) is 6.61 Å². The van der Waals surface area contributed by atoms with Gasteiger partial charge in [0, 0.05) is 5.56 Å². The van der Waals surface area contributed by atoms with E-state index in [1.807, 2.05) is 0 Å². The predicted octanol–water partition coefficient (Wildman–Crippen LogP) is 8.08. The van der Waals surface area contributed by atoms with E-state index in [9.17, 15) is 17.6 Å². The Kier molecular flexibility index (Phi) is 8.00. The van der Waals surface area contributed by atoms with E-state index in [0.717, 1.165) is 44.2 Å². The molecule has 0 aromatic heterocycles. The molecule has 4 atom stereocenters. The van der Waals surface area contributed by atoms with Crippen molar-refractivity contribution in [2.24, 2.45) is 17.8 Å². The molecule has 184 valence electrons. The molecule has 0 amide bonds. The van der Waals surface area contributed by atoms with Gasteiger partial charge in [0.15, 0.2) is 17.4 Å². The van der Waals surface area contributed by atoms with Crippen LogP contribution in [0.25, 0.3) is 0 Å². The monoisotopic (exact) mass is 482 g/mol. The van der Waals surface area contributed by atoms with Crippen LogP contribution in [0.15, 0.2) is 49.1 Å². The zero-order valence-electron chi connectivity index (χ0n) is 19.9. The number of fused-ring (bicyclic) bond motifs is 1. The minimum Gasteiger partial charge on any atom is -0.483 e. The molecule has 4 unspecified atom stereocenters. The van der Waals surface area contributed by atoms with Crippen molar-refractivity contribution in [3.05, 3.63) is 89.0 Å². The van der Waals surface area contributed by atoms with Gasteiger partial charge in [0.2, 0.25) is 0 Å². The molecule has 2 saturated carbocycles. The Morgan fingerprint density at radius 3 is 2.20 bits per heavy atom. The van der Waals surface area contributed by atoms with E-state index >= 15 is 0 Å². The molecule has 2 fully saturated rings. The standard InChI is InChI=1S/C30H30F4O/c1-3-5-12-35-30-28(33)14-20(15-29(30)34)7-11-25-26(31)17-24(18-27(25)32)23-10-9-21-13-19(4-2)6-8-22(21)16-23/h3-5,14-15,17-19,21-23H,2,6,8-10,12-13,16H2,1H3/b5-3+. The van der Waals surface area contributed by atoms with Crippen LogP contribution in [0.2, 0.25) is 0 Å². The van der Waals surface area contributed by atoms with Gasteiger partial charge in [0.25, 0.3) is 0 Å². The number of benzene rings is 2. The smallest absolute Gasteiger partial charge is 0.191 e. The summed E-state index contributed by atoms with van der Waals surface area (Å²) in [4.78, 5) is 0. The van der Waals surface area contributed by atoms with Gasteiger partial charge < -0.3 is 4.74 Å². The number of hydrogen-bond acceptors (Lipinski definition) is 1. The molecule has 0 aliphatic heterocycles. The van der Waals surface area contributed by atoms with Gasteiger partial charge in [0.1, 0.15) is 18.2 Å². The maximum atomic E-state index is 14.9. The third-order valence-corrected chi connectivity index (χ3v) is 7.41. The van der Waals surface area contributed by atoms with E-state index < -0.39 is 34.6 Å². The lowest BCUT2D eigenvalue weighted by Crippen LogP contribution is -2.30. The van der Waals surface area contributed by atoms with Crippen molar-refractivity contribution in [1.29, 1.82) is 0 Å². The normalized spacial score (nSPS) is 23.9. The second kappa shape index (κ2) is 11.2. The molecule has 0 N–H and O–H groups in total. The number of allylic oxidation sites excluding steroid dienone is 2. The molecule has 0 spiro atoms. The van der Waals surface area contributed by atoms with Crippen molar-refractivity contribution in [3.63, 3.8) is 0 Å². The lowest BCUT2D eigenvalue weighted by atomic mass is 9.64. The first-order valence-corrected chi connectivity index (χ1v) is 12.3. The van der Waals surface area contributed by atoms with Crippen molar-refractivity contribution >= 4 is 0 Å². The van der Waals surface area contributed by atoms with Crippen molar-refractivity contribution in [3.8, 4) is 17.6 Å². The van der Waals surface area contributed by atoms with Gasteiger partial charge in [-0.05, 0) is 98.9 Å². The van der Waals surface area contributed by atoms with Crippen LogP contribution in [0.5, 0.6) is 5.75 Å². The molecule has 0 saturated heterocycles. The Labute approximate surface area is 204 Å². The van der Waals surface area contributed by atoms with E-state index in [0.29, 0.717) is 23.3 Å². The molecule has 5 heteroatoms. The SMILES string of the molecule is C=CC1CCC2CC(c3cc(F)c(C#Cc4cc(F)c(OC/C=C/C)c(F)c4)c(F)c3)CCC2C1. The van der Waals surface area contributed by atoms with E-state index in [1.165, 1.54) is 18.6 Å². The van der Waals surface area contributed by atoms with Gasteiger partial charge in [-0.1, -0.05) is 30.1 Å². The third-order valence-electron chi connectivity index (χ3n) is 7.41. The highest BCUT2D eigenvalue weighted by atomic mass is 19.1. The Morgan fingerprint density at radius 2 is 1.54 bits per heavy atom. The van der Waals surface area contributed by atoms with Crippen molar-refractivity contribution in [1.82, 2.24) is 0 Å². The summed E-state index contributed by atoms with van der Waals surface area (Å²) in [6.45, 7) is 5.72. The van der Waals surface area contributed by atoms with Crippen LogP contribution in [0.1, 0.15) is 68.1 Å². The van der Waals surface area contributed by atoms with Crippen LogP contribution in [0.3, 0.4) is 0 Å². The van der Waals surface area contributed by atoms with Crippen LogP contribution in [0, 0.1) is 52.9 Å². The lowest BCUT2D eigenvalue weighted by molar-refractivity contribution is 0.133. The van der Waals surface area contributed by atoms with Gasteiger partial charge in [-0.25, -0.2) is 17.6 Å². The summed E-state index contributed by atoms with van der Waals surface area (Å²) in [5.74, 6) is 3.00. The molecular weight excluding hydrogens is 452 g/mol. The highest BCUT2D eigenvalue weighted by Gasteiger charge is 2.35. The minimum atomic E-state index is -0.923. The van der Waals surface area contributed by atoms with Gasteiger partial charge in [-0.2, -0.15) is 0 Å². The predicted molar refractivity (Wildman–Crippen MR) is 130 cm³/mol. The molecule has 0 heterocycles. The van der Waals surface area contributed by atoms with Crippen LogP contribution in [0.4, 0.5) is 17.6 Å². The summed E-state index contributed by atoms with van der Waals surface area (Å²) >= 11 is 0. The Bertz CT molecular complexity index is 1130. The number of hydrogen-bond donors (Lipinski definition) is 0. The summed E-state index contributed by atoms with van der Waals surface area (Å²) in [6, 6.07) is 4.72. The van der Waals surface area contributed by atoms with Crippen LogP contribution in [-0.2, 0) is 0 Å². The van der Waals surface area contributed by atoms with Crippen molar-refractivity contribution in [2.45, 2.75) is 51.4 Å². The van der Waals surface area contributed by atoms with Crippen LogP contribution < -0.4 is 4.74 Å². The first kappa shape index (κ1) is 25.1. The van der Waals surface area contributed by atoms with E-state index in [-0.39, 0.29) is 18.1 Å². The first-order chi connectivity index (χ1) is 16.9. The maximum absolute atomic E-state index is 14.9. The molecule has 1 nitrogen and oxygen atoms in total. The molecule has 2 aromatic carbocycles. The van der Waals surface area contributed by atoms with E-state index in [2.05, 4.69) is 24.5 Å². The van der Waals surface area contributed by atoms with Gasteiger partial charge >= 0.3 is 0 Å². The Morgan fingerprint density at radius 1 is 0.886 bits per heavy atom. The number of rotatable bonds is 5. The largest absolute Gasteiger partial charge is 0.483 e. The highest BCUT2D eigenvalue weighted by Crippen LogP contribution is 2.48. The quantitative estimate of drug-likeness (QED) is 0.238. The fraction of sp³-hybridized carbons (Fsp3) is 0.400.